The maximum atomic E-state index is 12.0. The fourth-order valence-corrected chi connectivity index (χ4v) is 2.40. The molecule has 2 amide bonds. The number of amides is 2. The Kier molecular flexibility index (Phi) is 7.84. The van der Waals surface area contributed by atoms with Gasteiger partial charge in [-0.2, -0.15) is 5.10 Å². The quantitative estimate of drug-likeness (QED) is 0.488. The minimum atomic E-state index is -0.476. The maximum absolute atomic E-state index is 12.0. The van der Waals surface area contributed by atoms with Crippen molar-refractivity contribution in [2.45, 2.75) is 0 Å². The molecule has 9 heteroatoms. The molecule has 154 valence electrons. The Morgan fingerprint density at radius 2 is 1.55 bits per heavy atom. The molecule has 0 atom stereocenters. The van der Waals surface area contributed by atoms with Crippen LogP contribution in [0, 0.1) is 0 Å². The topological polar surface area (TPSA) is 107 Å². The average Bonchev–Trinajstić information content (AvgIpc) is 2.76. The van der Waals surface area contributed by atoms with Crippen LogP contribution >= 0.6 is 0 Å². The van der Waals surface area contributed by atoms with Gasteiger partial charge in [-0.1, -0.05) is 0 Å². The molecule has 0 saturated heterocycles. The van der Waals surface area contributed by atoms with E-state index in [1.165, 1.54) is 34.7 Å². The van der Waals surface area contributed by atoms with Crippen molar-refractivity contribution in [2.75, 3.05) is 35.0 Å². The van der Waals surface area contributed by atoms with E-state index in [1.54, 1.807) is 36.4 Å². The number of nitrogens with one attached hydrogen (secondary N) is 2. The summed E-state index contributed by atoms with van der Waals surface area (Å²) in [6.45, 7) is -0.225. The Morgan fingerprint density at radius 3 is 2.07 bits per heavy atom. The van der Waals surface area contributed by atoms with Crippen molar-refractivity contribution >= 4 is 18.0 Å². The summed E-state index contributed by atoms with van der Waals surface area (Å²) in [7, 11) is 6.06. The highest BCUT2D eigenvalue weighted by Gasteiger charge is 2.12. The van der Waals surface area contributed by atoms with Crippen molar-refractivity contribution in [1.29, 1.82) is 0 Å². The Hall–Kier alpha value is -3.75. The lowest BCUT2D eigenvalue weighted by molar-refractivity contribution is -0.120. The fraction of sp³-hybridized carbons (Fsp3) is 0.250. The number of hydrazone groups is 1. The molecule has 29 heavy (non-hydrogen) atoms. The highest BCUT2D eigenvalue weighted by Crippen LogP contribution is 2.37. The van der Waals surface area contributed by atoms with Crippen molar-refractivity contribution in [3.8, 4) is 23.0 Å². The molecule has 0 aliphatic carbocycles. The average molecular weight is 401 g/mol. The third kappa shape index (κ3) is 5.86. The summed E-state index contributed by atoms with van der Waals surface area (Å²) in [6.07, 6.45) is 1.42. The smallest absolute Gasteiger partial charge is 0.259 e. The zero-order valence-corrected chi connectivity index (χ0v) is 16.6. The summed E-state index contributed by atoms with van der Waals surface area (Å²) in [5.74, 6) is 1.17. The van der Waals surface area contributed by atoms with E-state index < -0.39 is 5.91 Å². The van der Waals surface area contributed by atoms with E-state index in [1.807, 2.05) is 0 Å². The normalized spacial score (nSPS) is 10.3. The van der Waals surface area contributed by atoms with Crippen LogP contribution < -0.4 is 29.7 Å². The molecule has 2 aromatic rings. The molecule has 0 aliphatic heterocycles. The first kappa shape index (κ1) is 21.5. The molecule has 9 nitrogen and oxygen atoms in total. The second kappa shape index (κ2) is 10.5. The molecule has 2 N–H and O–H groups in total. The van der Waals surface area contributed by atoms with E-state index in [9.17, 15) is 9.59 Å². The number of hydrogen-bond donors (Lipinski definition) is 2. The molecule has 0 bridgehead atoms. The number of nitrogens with zero attached hydrogens (tertiary/aromatic N) is 1. The number of ether oxygens (including phenoxy) is 4. The van der Waals surface area contributed by atoms with Gasteiger partial charge in [-0.05, 0) is 36.4 Å². The Morgan fingerprint density at radius 1 is 0.931 bits per heavy atom. The lowest BCUT2D eigenvalue weighted by Crippen LogP contribution is -2.34. The molecule has 2 aromatic carbocycles. The first-order valence-electron chi connectivity index (χ1n) is 8.56. The van der Waals surface area contributed by atoms with Crippen LogP contribution in [-0.4, -0.2) is 53.0 Å². The van der Waals surface area contributed by atoms with Gasteiger partial charge in [0.05, 0.1) is 41.2 Å². The Bertz CT molecular complexity index is 855. The summed E-state index contributed by atoms with van der Waals surface area (Å²) in [5.41, 5.74) is 3.39. The molecule has 0 saturated carbocycles. The summed E-state index contributed by atoms with van der Waals surface area (Å²) in [4.78, 5) is 23.9. The molecule has 0 spiro atoms. The number of carbonyl (C=O) groups is 2. The van der Waals surface area contributed by atoms with E-state index in [4.69, 9.17) is 18.9 Å². The van der Waals surface area contributed by atoms with Gasteiger partial charge in [0.1, 0.15) is 5.75 Å². The summed E-state index contributed by atoms with van der Waals surface area (Å²) in [6, 6.07) is 9.90. The second-order valence-corrected chi connectivity index (χ2v) is 5.66. The molecule has 0 unspecified atom stereocenters. The SMILES string of the molecule is COc1ccc(C(=O)NCC(=O)N/N=C\c2cc(OC)c(OC)c(OC)c2)cc1. The molecule has 0 fully saturated rings. The minimum absolute atomic E-state index is 0.225. The van der Waals surface area contributed by atoms with Crippen LogP contribution in [0.2, 0.25) is 0 Å². The van der Waals surface area contributed by atoms with E-state index in [-0.39, 0.29) is 12.5 Å². The maximum Gasteiger partial charge on any atom is 0.259 e. The highest BCUT2D eigenvalue weighted by atomic mass is 16.5. The van der Waals surface area contributed by atoms with Crippen LogP contribution in [0.4, 0.5) is 0 Å². The minimum Gasteiger partial charge on any atom is -0.497 e. The third-order valence-corrected chi connectivity index (χ3v) is 3.85. The van der Waals surface area contributed by atoms with Crippen LogP contribution in [-0.2, 0) is 4.79 Å². The molecule has 0 heterocycles. The summed E-state index contributed by atoms with van der Waals surface area (Å²) in [5, 5.41) is 6.39. The van der Waals surface area contributed by atoms with Crippen LogP contribution in [0.3, 0.4) is 0 Å². The standard InChI is InChI=1S/C20H23N3O6/c1-26-15-7-5-14(6-8-15)20(25)21-12-18(24)23-22-11-13-9-16(27-2)19(29-4)17(10-13)28-3/h5-11H,12H2,1-4H3,(H,21,25)(H,23,24)/b22-11-. The van der Waals surface area contributed by atoms with Crippen LogP contribution in [0.5, 0.6) is 23.0 Å². The molecular weight excluding hydrogens is 378 g/mol. The number of rotatable bonds is 9. The largest absolute Gasteiger partial charge is 0.497 e. The highest BCUT2D eigenvalue weighted by molar-refractivity contribution is 5.96. The Labute approximate surface area is 168 Å². The van der Waals surface area contributed by atoms with Gasteiger partial charge in [0.15, 0.2) is 11.5 Å². The molecule has 0 aromatic heterocycles. The summed E-state index contributed by atoms with van der Waals surface area (Å²) < 4.78 is 20.8. The van der Waals surface area contributed by atoms with E-state index in [2.05, 4.69) is 15.8 Å². The zero-order valence-electron chi connectivity index (χ0n) is 16.6. The molecule has 2 rings (SSSR count). The van der Waals surface area contributed by atoms with Crippen LogP contribution in [0.1, 0.15) is 15.9 Å². The van der Waals surface area contributed by atoms with Crippen LogP contribution in [0.25, 0.3) is 0 Å². The van der Waals surface area contributed by atoms with Crippen molar-refractivity contribution in [3.63, 3.8) is 0 Å². The number of carbonyl (C=O) groups excluding carboxylic acids is 2. The first-order chi connectivity index (χ1) is 14.0. The fourth-order valence-electron chi connectivity index (χ4n) is 2.40. The van der Waals surface area contributed by atoms with Crippen molar-refractivity contribution < 1.29 is 28.5 Å². The van der Waals surface area contributed by atoms with E-state index >= 15 is 0 Å². The monoisotopic (exact) mass is 401 g/mol. The van der Waals surface area contributed by atoms with Gasteiger partial charge in [-0.3, -0.25) is 9.59 Å². The van der Waals surface area contributed by atoms with Gasteiger partial charge in [0.25, 0.3) is 11.8 Å². The van der Waals surface area contributed by atoms with Crippen molar-refractivity contribution in [2.24, 2.45) is 5.10 Å². The lowest BCUT2D eigenvalue weighted by Gasteiger charge is -2.12. The first-order valence-corrected chi connectivity index (χ1v) is 8.56. The van der Waals surface area contributed by atoms with Gasteiger partial charge in [-0.15, -0.1) is 0 Å². The molecule has 0 radical (unpaired) electrons. The second-order valence-electron chi connectivity index (χ2n) is 5.66. The van der Waals surface area contributed by atoms with Gasteiger partial charge < -0.3 is 24.3 Å². The number of methoxy groups -OCH3 is 4. The third-order valence-electron chi connectivity index (χ3n) is 3.85. The van der Waals surface area contributed by atoms with Gasteiger partial charge in [0.2, 0.25) is 5.75 Å². The van der Waals surface area contributed by atoms with Crippen molar-refractivity contribution in [3.05, 3.63) is 47.5 Å². The van der Waals surface area contributed by atoms with Gasteiger partial charge in [0, 0.05) is 11.1 Å². The van der Waals surface area contributed by atoms with Gasteiger partial charge >= 0.3 is 0 Å². The van der Waals surface area contributed by atoms with E-state index in [0.29, 0.717) is 34.1 Å². The number of benzene rings is 2. The van der Waals surface area contributed by atoms with Gasteiger partial charge in [-0.25, -0.2) is 5.43 Å². The Balaban J connectivity index is 1.91. The predicted octanol–water partition coefficient (Wildman–Crippen LogP) is 1.60. The zero-order chi connectivity index (χ0) is 21.2. The van der Waals surface area contributed by atoms with E-state index in [0.717, 1.165) is 0 Å². The molecular formula is C20H23N3O6. The van der Waals surface area contributed by atoms with Crippen LogP contribution in [0.15, 0.2) is 41.5 Å². The molecule has 0 aliphatic rings. The number of hydrogen-bond acceptors (Lipinski definition) is 7. The lowest BCUT2D eigenvalue weighted by atomic mass is 10.2. The predicted molar refractivity (Wildman–Crippen MR) is 107 cm³/mol. The van der Waals surface area contributed by atoms with Crippen molar-refractivity contribution in [1.82, 2.24) is 10.7 Å². The summed E-state index contributed by atoms with van der Waals surface area (Å²) >= 11 is 0.